The Balaban J connectivity index is 2.42. The number of ether oxygens (including phenoxy) is 1. The lowest BCUT2D eigenvalue weighted by molar-refractivity contribution is -0.146. The summed E-state index contributed by atoms with van der Waals surface area (Å²) in [6.07, 6.45) is 2.41. The van der Waals surface area contributed by atoms with E-state index in [9.17, 15) is 9.90 Å². The molecule has 0 aromatic heterocycles. The van der Waals surface area contributed by atoms with Gasteiger partial charge in [0.1, 0.15) is 11.3 Å². The van der Waals surface area contributed by atoms with Crippen LogP contribution in [0.5, 0.6) is 5.75 Å². The number of nitrogens with one attached hydrogen (secondary N) is 1. The number of hydrogen-bond donors (Lipinski definition) is 2. The molecule has 0 bridgehead atoms. The van der Waals surface area contributed by atoms with E-state index in [1.54, 1.807) is 7.11 Å². The van der Waals surface area contributed by atoms with Crippen LogP contribution in [0.3, 0.4) is 0 Å². The zero-order chi connectivity index (χ0) is 14.8. The van der Waals surface area contributed by atoms with Crippen LogP contribution in [0.15, 0.2) is 18.2 Å². The lowest BCUT2D eigenvalue weighted by Gasteiger charge is -2.37. The lowest BCUT2D eigenvalue weighted by atomic mass is 9.76. The Hall–Kier alpha value is -1.55. The first-order valence-corrected chi connectivity index (χ1v) is 7.15. The van der Waals surface area contributed by atoms with E-state index < -0.39 is 11.5 Å². The third-order valence-electron chi connectivity index (χ3n) is 3.95. The summed E-state index contributed by atoms with van der Waals surface area (Å²) in [7, 11) is 1.63. The number of aryl methyl sites for hydroxylation is 1. The van der Waals surface area contributed by atoms with Crippen molar-refractivity contribution < 1.29 is 14.6 Å². The van der Waals surface area contributed by atoms with Gasteiger partial charge in [0.2, 0.25) is 0 Å². The molecule has 20 heavy (non-hydrogen) atoms. The molecule has 0 saturated heterocycles. The smallest absolute Gasteiger partial charge is 0.328 e. The van der Waals surface area contributed by atoms with Crippen LogP contribution in [-0.4, -0.2) is 24.7 Å². The van der Waals surface area contributed by atoms with Crippen LogP contribution >= 0.6 is 0 Å². The molecular formula is C16H23NO3. The zero-order valence-corrected chi connectivity index (χ0v) is 12.4. The molecule has 0 aliphatic heterocycles. The Morgan fingerprint density at radius 2 is 2.25 bits per heavy atom. The van der Waals surface area contributed by atoms with Crippen molar-refractivity contribution in [2.75, 3.05) is 13.7 Å². The molecule has 0 radical (unpaired) electrons. The molecule has 1 aliphatic rings. The number of hydrogen-bond acceptors (Lipinski definition) is 3. The molecule has 0 fully saturated rings. The third kappa shape index (κ3) is 2.66. The van der Waals surface area contributed by atoms with Crippen molar-refractivity contribution in [2.45, 2.75) is 38.6 Å². The first-order valence-electron chi connectivity index (χ1n) is 7.15. The highest BCUT2D eigenvalue weighted by atomic mass is 16.5. The summed E-state index contributed by atoms with van der Waals surface area (Å²) >= 11 is 0. The molecular weight excluding hydrogens is 254 g/mol. The summed E-state index contributed by atoms with van der Waals surface area (Å²) < 4.78 is 5.24. The van der Waals surface area contributed by atoms with Crippen molar-refractivity contribution in [1.29, 1.82) is 0 Å². The Kier molecular flexibility index (Phi) is 4.33. The van der Waals surface area contributed by atoms with Crippen molar-refractivity contribution in [3.05, 3.63) is 29.3 Å². The molecule has 4 nitrogen and oxygen atoms in total. The summed E-state index contributed by atoms with van der Waals surface area (Å²) in [6.45, 7) is 4.86. The molecule has 4 heteroatoms. The van der Waals surface area contributed by atoms with Gasteiger partial charge in [-0.3, -0.25) is 5.32 Å². The standard InChI is InChI=1S/C16H23NO3/c1-11(2)10-17-16(15(18)19)8-4-5-12-9-13(20-3)6-7-14(12)16/h6-7,9,11,17H,4-5,8,10H2,1-3H3,(H,18,19). The maximum absolute atomic E-state index is 11.9. The zero-order valence-electron chi connectivity index (χ0n) is 12.4. The second-order valence-electron chi connectivity index (χ2n) is 5.86. The minimum atomic E-state index is -0.954. The summed E-state index contributed by atoms with van der Waals surface area (Å²) in [6, 6.07) is 5.71. The van der Waals surface area contributed by atoms with Gasteiger partial charge in [-0.25, -0.2) is 4.79 Å². The summed E-state index contributed by atoms with van der Waals surface area (Å²) in [4.78, 5) is 11.9. The molecule has 1 unspecified atom stereocenters. The summed E-state index contributed by atoms with van der Waals surface area (Å²) in [5.74, 6) is 0.410. The van der Waals surface area contributed by atoms with E-state index in [1.807, 2.05) is 18.2 Å². The van der Waals surface area contributed by atoms with Crippen molar-refractivity contribution in [3.8, 4) is 5.75 Å². The number of aliphatic carboxylic acids is 1. The van der Waals surface area contributed by atoms with Crippen LogP contribution in [0.25, 0.3) is 0 Å². The fourth-order valence-electron chi connectivity index (χ4n) is 2.86. The number of carbonyl (C=O) groups is 1. The highest BCUT2D eigenvalue weighted by Crippen LogP contribution is 2.37. The maximum atomic E-state index is 11.9. The van der Waals surface area contributed by atoms with E-state index >= 15 is 0 Å². The molecule has 2 rings (SSSR count). The average molecular weight is 277 g/mol. The molecule has 1 aromatic rings. The number of carboxylic acids is 1. The number of benzene rings is 1. The summed E-state index contributed by atoms with van der Waals surface area (Å²) in [5.41, 5.74) is 1.01. The van der Waals surface area contributed by atoms with Crippen molar-refractivity contribution in [1.82, 2.24) is 5.32 Å². The van der Waals surface area contributed by atoms with E-state index in [-0.39, 0.29) is 0 Å². The minimum Gasteiger partial charge on any atom is -0.497 e. The van der Waals surface area contributed by atoms with Crippen molar-refractivity contribution in [3.63, 3.8) is 0 Å². The second-order valence-corrected chi connectivity index (χ2v) is 5.86. The third-order valence-corrected chi connectivity index (χ3v) is 3.95. The Labute approximate surface area is 120 Å². The van der Waals surface area contributed by atoms with Crippen LogP contribution in [0.4, 0.5) is 0 Å². The number of methoxy groups -OCH3 is 1. The SMILES string of the molecule is COc1ccc2c(c1)CCCC2(NCC(C)C)C(=O)O. The molecule has 0 saturated carbocycles. The average Bonchev–Trinajstić information content (AvgIpc) is 2.43. The van der Waals surface area contributed by atoms with Gasteiger partial charge in [-0.1, -0.05) is 19.9 Å². The van der Waals surface area contributed by atoms with Crippen LogP contribution in [0, 0.1) is 5.92 Å². The fraction of sp³-hybridized carbons (Fsp3) is 0.562. The van der Waals surface area contributed by atoms with Gasteiger partial charge in [0, 0.05) is 0 Å². The highest BCUT2D eigenvalue weighted by Gasteiger charge is 2.43. The fourth-order valence-corrected chi connectivity index (χ4v) is 2.86. The molecule has 0 heterocycles. The molecule has 0 amide bonds. The van der Waals surface area contributed by atoms with Crippen LogP contribution < -0.4 is 10.1 Å². The van der Waals surface area contributed by atoms with Crippen LogP contribution in [-0.2, 0) is 16.8 Å². The second kappa shape index (κ2) is 5.83. The molecule has 0 spiro atoms. The number of rotatable bonds is 5. The van der Waals surface area contributed by atoms with Crippen LogP contribution in [0.2, 0.25) is 0 Å². The maximum Gasteiger partial charge on any atom is 0.328 e. The number of carboxylic acid groups (broad SMARTS) is 1. The van der Waals surface area contributed by atoms with Gasteiger partial charge in [-0.2, -0.15) is 0 Å². The first kappa shape index (κ1) is 14.9. The molecule has 1 atom stereocenters. The van der Waals surface area contributed by atoms with E-state index in [0.717, 1.165) is 29.7 Å². The minimum absolute atomic E-state index is 0.412. The topological polar surface area (TPSA) is 58.6 Å². The van der Waals surface area contributed by atoms with Gasteiger partial charge in [0.15, 0.2) is 0 Å². The summed E-state index contributed by atoms with van der Waals surface area (Å²) in [5, 5.41) is 13.1. The molecule has 1 aliphatic carbocycles. The van der Waals surface area contributed by atoms with Gasteiger partial charge < -0.3 is 9.84 Å². The van der Waals surface area contributed by atoms with E-state index in [1.165, 1.54) is 0 Å². The van der Waals surface area contributed by atoms with Crippen molar-refractivity contribution >= 4 is 5.97 Å². The van der Waals surface area contributed by atoms with Crippen molar-refractivity contribution in [2.24, 2.45) is 5.92 Å². The van der Waals surface area contributed by atoms with Gasteiger partial charge in [-0.05, 0) is 55.0 Å². The molecule has 110 valence electrons. The largest absolute Gasteiger partial charge is 0.497 e. The highest BCUT2D eigenvalue weighted by molar-refractivity contribution is 5.82. The number of fused-ring (bicyclic) bond motifs is 1. The Bertz CT molecular complexity index is 498. The lowest BCUT2D eigenvalue weighted by Crippen LogP contribution is -2.52. The molecule has 1 aromatic carbocycles. The van der Waals surface area contributed by atoms with E-state index in [2.05, 4.69) is 19.2 Å². The predicted octanol–water partition coefficient (Wildman–Crippen LogP) is 2.56. The Morgan fingerprint density at radius 3 is 2.85 bits per heavy atom. The normalized spacial score (nSPS) is 21.6. The van der Waals surface area contributed by atoms with Gasteiger partial charge >= 0.3 is 5.97 Å². The van der Waals surface area contributed by atoms with E-state index in [4.69, 9.17) is 4.74 Å². The van der Waals surface area contributed by atoms with Gasteiger partial charge in [-0.15, -0.1) is 0 Å². The predicted molar refractivity (Wildman–Crippen MR) is 78.1 cm³/mol. The first-order chi connectivity index (χ1) is 9.49. The van der Waals surface area contributed by atoms with Gasteiger partial charge in [0.05, 0.1) is 7.11 Å². The monoisotopic (exact) mass is 277 g/mol. The van der Waals surface area contributed by atoms with Gasteiger partial charge in [0.25, 0.3) is 0 Å². The molecule has 2 N–H and O–H groups in total. The van der Waals surface area contributed by atoms with Crippen LogP contribution in [0.1, 0.15) is 37.8 Å². The Morgan fingerprint density at radius 1 is 1.50 bits per heavy atom. The van der Waals surface area contributed by atoms with E-state index in [0.29, 0.717) is 18.9 Å². The quantitative estimate of drug-likeness (QED) is 0.868.